The third-order valence-corrected chi connectivity index (χ3v) is 4.01. The van der Waals surface area contributed by atoms with Crippen molar-refractivity contribution in [1.82, 2.24) is 14.7 Å². The first-order valence-corrected chi connectivity index (χ1v) is 7.77. The maximum Gasteiger partial charge on any atom is 0.257 e. The summed E-state index contributed by atoms with van der Waals surface area (Å²) in [7, 11) is 0. The van der Waals surface area contributed by atoms with Crippen molar-refractivity contribution in [2.24, 2.45) is 0 Å². The molecule has 1 aromatic carbocycles. The van der Waals surface area contributed by atoms with Crippen LogP contribution in [-0.4, -0.2) is 40.3 Å². The summed E-state index contributed by atoms with van der Waals surface area (Å²) in [5.41, 5.74) is 0.614. The molecule has 0 aliphatic carbocycles. The van der Waals surface area contributed by atoms with Crippen molar-refractivity contribution in [3.8, 4) is 5.75 Å². The van der Waals surface area contributed by atoms with Crippen LogP contribution in [0.3, 0.4) is 0 Å². The molecule has 1 saturated heterocycles. The Morgan fingerprint density at radius 3 is 3.00 bits per heavy atom. The third kappa shape index (κ3) is 2.95. The van der Waals surface area contributed by atoms with E-state index >= 15 is 0 Å². The molecule has 1 amide bonds. The molecule has 0 saturated carbocycles. The fourth-order valence-electron chi connectivity index (χ4n) is 2.75. The second kappa shape index (κ2) is 6.40. The standard InChI is InChI=1S/C16H18ClN3O2/c1-2-22-15-6-4-3-5-14(15)16(21)19-8-7-13(11-19)20-10-12(17)9-18-20/h3-6,9-10,13H,2,7-8,11H2,1H3. The zero-order chi connectivity index (χ0) is 15.5. The zero-order valence-corrected chi connectivity index (χ0v) is 13.2. The maximum atomic E-state index is 12.7. The Morgan fingerprint density at radius 1 is 1.45 bits per heavy atom. The molecule has 1 aliphatic heterocycles. The van der Waals surface area contributed by atoms with Gasteiger partial charge in [-0.2, -0.15) is 5.10 Å². The van der Waals surface area contributed by atoms with Crippen molar-refractivity contribution in [3.63, 3.8) is 0 Å². The molecule has 0 N–H and O–H groups in total. The number of ether oxygens (including phenoxy) is 1. The molecule has 116 valence electrons. The molecule has 3 rings (SSSR count). The lowest BCUT2D eigenvalue weighted by atomic mass is 10.2. The van der Waals surface area contributed by atoms with E-state index in [0.29, 0.717) is 36.0 Å². The number of aromatic nitrogens is 2. The van der Waals surface area contributed by atoms with Crippen LogP contribution in [0.2, 0.25) is 5.02 Å². The van der Waals surface area contributed by atoms with Crippen LogP contribution in [0.5, 0.6) is 5.75 Å². The molecule has 0 radical (unpaired) electrons. The van der Waals surface area contributed by atoms with Gasteiger partial charge >= 0.3 is 0 Å². The van der Waals surface area contributed by atoms with Gasteiger partial charge in [0.2, 0.25) is 0 Å². The van der Waals surface area contributed by atoms with Crippen molar-refractivity contribution >= 4 is 17.5 Å². The third-order valence-electron chi connectivity index (χ3n) is 3.81. The predicted molar refractivity (Wildman–Crippen MR) is 84.4 cm³/mol. The molecule has 5 nitrogen and oxygen atoms in total. The van der Waals surface area contributed by atoms with Crippen molar-refractivity contribution < 1.29 is 9.53 Å². The average Bonchev–Trinajstić information content (AvgIpc) is 3.16. The first-order chi connectivity index (χ1) is 10.7. The fraction of sp³-hybridized carbons (Fsp3) is 0.375. The molecular formula is C16H18ClN3O2. The summed E-state index contributed by atoms with van der Waals surface area (Å²) < 4.78 is 7.39. The number of likely N-dealkylation sites (tertiary alicyclic amines) is 1. The number of para-hydroxylation sites is 1. The van der Waals surface area contributed by atoms with E-state index in [1.807, 2.05) is 40.8 Å². The number of halogens is 1. The van der Waals surface area contributed by atoms with Crippen LogP contribution in [0.4, 0.5) is 0 Å². The molecule has 1 unspecified atom stereocenters. The highest BCUT2D eigenvalue weighted by molar-refractivity contribution is 6.30. The van der Waals surface area contributed by atoms with E-state index in [1.165, 1.54) is 0 Å². The minimum absolute atomic E-state index is 0.00445. The number of hydrogen-bond acceptors (Lipinski definition) is 3. The second-order valence-electron chi connectivity index (χ2n) is 5.26. The number of nitrogens with zero attached hydrogens (tertiary/aromatic N) is 3. The average molecular weight is 320 g/mol. The number of hydrogen-bond donors (Lipinski definition) is 0. The van der Waals surface area contributed by atoms with Crippen LogP contribution in [0.25, 0.3) is 0 Å². The Balaban J connectivity index is 1.74. The van der Waals surface area contributed by atoms with Gasteiger partial charge in [0, 0.05) is 19.3 Å². The number of rotatable bonds is 4. The van der Waals surface area contributed by atoms with Crippen LogP contribution in [0.15, 0.2) is 36.7 Å². The summed E-state index contributed by atoms with van der Waals surface area (Å²) in [6, 6.07) is 7.55. The monoisotopic (exact) mass is 319 g/mol. The number of benzene rings is 1. The van der Waals surface area contributed by atoms with E-state index < -0.39 is 0 Å². The van der Waals surface area contributed by atoms with Gasteiger partial charge in [0.05, 0.1) is 29.4 Å². The Labute approximate surface area is 134 Å². The quantitative estimate of drug-likeness (QED) is 0.870. The summed E-state index contributed by atoms with van der Waals surface area (Å²) in [6.45, 7) is 3.80. The van der Waals surface area contributed by atoms with E-state index in [1.54, 1.807) is 12.4 Å². The zero-order valence-electron chi connectivity index (χ0n) is 12.4. The first kappa shape index (κ1) is 14.9. The van der Waals surface area contributed by atoms with Gasteiger partial charge in [-0.15, -0.1) is 0 Å². The lowest BCUT2D eigenvalue weighted by Gasteiger charge is -2.18. The highest BCUT2D eigenvalue weighted by Gasteiger charge is 2.29. The molecule has 0 bridgehead atoms. The summed E-state index contributed by atoms with van der Waals surface area (Å²) >= 11 is 5.91. The largest absolute Gasteiger partial charge is 0.493 e. The van der Waals surface area contributed by atoms with Crippen LogP contribution >= 0.6 is 11.6 Å². The van der Waals surface area contributed by atoms with Crippen molar-refractivity contribution in [2.75, 3.05) is 19.7 Å². The minimum Gasteiger partial charge on any atom is -0.493 e. The summed E-state index contributed by atoms with van der Waals surface area (Å²) in [6.07, 6.45) is 4.30. The second-order valence-corrected chi connectivity index (χ2v) is 5.70. The molecular weight excluding hydrogens is 302 g/mol. The van der Waals surface area contributed by atoms with E-state index in [2.05, 4.69) is 5.10 Å². The highest BCUT2D eigenvalue weighted by atomic mass is 35.5. The Morgan fingerprint density at radius 2 is 2.27 bits per heavy atom. The summed E-state index contributed by atoms with van der Waals surface area (Å²) in [5.74, 6) is 0.644. The lowest BCUT2D eigenvalue weighted by molar-refractivity contribution is 0.0783. The van der Waals surface area contributed by atoms with E-state index in [-0.39, 0.29) is 11.9 Å². The fourth-order valence-corrected chi connectivity index (χ4v) is 2.90. The topological polar surface area (TPSA) is 47.4 Å². The van der Waals surface area contributed by atoms with Gasteiger partial charge in [0.1, 0.15) is 5.75 Å². The van der Waals surface area contributed by atoms with Crippen LogP contribution in [0, 0.1) is 0 Å². The Kier molecular flexibility index (Phi) is 4.34. The molecule has 6 heteroatoms. The first-order valence-electron chi connectivity index (χ1n) is 7.39. The summed E-state index contributed by atoms with van der Waals surface area (Å²) in [5, 5.41) is 4.85. The minimum atomic E-state index is 0.00445. The lowest BCUT2D eigenvalue weighted by Crippen LogP contribution is -2.29. The predicted octanol–water partition coefficient (Wildman–Crippen LogP) is 3.02. The van der Waals surface area contributed by atoms with Gasteiger partial charge in [0.25, 0.3) is 5.91 Å². The van der Waals surface area contributed by atoms with Crippen LogP contribution in [-0.2, 0) is 0 Å². The summed E-state index contributed by atoms with van der Waals surface area (Å²) in [4.78, 5) is 14.6. The molecule has 2 aromatic rings. The number of amides is 1. The molecule has 0 spiro atoms. The molecule has 1 fully saturated rings. The van der Waals surface area contributed by atoms with E-state index in [0.717, 1.165) is 6.42 Å². The molecule has 1 aliphatic rings. The highest BCUT2D eigenvalue weighted by Crippen LogP contribution is 2.26. The van der Waals surface area contributed by atoms with E-state index in [4.69, 9.17) is 16.3 Å². The van der Waals surface area contributed by atoms with Crippen LogP contribution in [0.1, 0.15) is 29.7 Å². The van der Waals surface area contributed by atoms with Crippen molar-refractivity contribution in [2.45, 2.75) is 19.4 Å². The Hall–Kier alpha value is -2.01. The molecule has 2 heterocycles. The van der Waals surface area contributed by atoms with Crippen molar-refractivity contribution in [3.05, 3.63) is 47.2 Å². The smallest absolute Gasteiger partial charge is 0.257 e. The van der Waals surface area contributed by atoms with Crippen molar-refractivity contribution in [1.29, 1.82) is 0 Å². The van der Waals surface area contributed by atoms with Gasteiger partial charge in [-0.05, 0) is 25.5 Å². The molecule has 22 heavy (non-hydrogen) atoms. The SMILES string of the molecule is CCOc1ccccc1C(=O)N1CCC(n2cc(Cl)cn2)C1. The molecule has 1 aromatic heterocycles. The number of carbonyl (C=O) groups is 1. The van der Waals surface area contributed by atoms with Gasteiger partial charge in [-0.3, -0.25) is 9.48 Å². The number of carbonyl (C=O) groups excluding carboxylic acids is 1. The van der Waals surface area contributed by atoms with Gasteiger partial charge < -0.3 is 9.64 Å². The van der Waals surface area contributed by atoms with Gasteiger partial charge in [-0.1, -0.05) is 23.7 Å². The van der Waals surface area contributed by atoms with E-state index in [9.17, 15) is 4.79 Å². The normalized spacial score (nSPS) is 17.7. The maximum absolute atomic E-state index is 12.7. The Bertz CT molecular complexity index is 671. The van der Waals surface area contributed by atoms with Crippen LogP contribution < -0.4 is 4.74 Å². The van der Waals surface area contributed by atoms with Gasteiger partial charge in [0.15, 0.2) is 0 Å². The molecule has 1 atom stereocenters. The van der Waals surface area contributed by atoms with Gasteiger partial charge in [-0.25, -0.2) is 0 Å².